The molecule has 31 heavy (non-hydrogen) atoms. The van der Waals surface area contributed by atoms with Gasteiger partial charge in [0, 0.05) is 70.0 Å². The van der Waals surface area contributed by atoms with E-state index < -0.39 is 0 Å². The van der Waals surface area contributed by atoms with E-state index in [0.717, 1.165) is 96.0 Å². The Labute approximate surface area is 184 Å². The van der Waals surface area contributed by atoms with E-state index in [1.165, 1.54) is 42.3 Å². The molecule has 3 saturated heterocycles. The van der Waals surface area contributed by atoms with Crippen LogP contribution in [0.5, 0.6) is 0 Å². The third-order valence-electron chi connectivity index (χ3n) is 7.36. The van der Waals surface area contributed by atoms with Crippen LogP contribution in [0.4, 0.5) is 11.8 Å². The summed E-state index contributed by atoms with van der Waals surface area (Å²) in [5, 5.41) is 1.25. The van der Waals surface area contributed by atoms with Crippen LogP contribution < -0.4 is 9.80 Å². The van der Waals surface area contributed by atoms with Crippen LogP contribution in [-0.4, -0.2) is 85.1 Å². The molecule has 4 aliphatic rings. The van der Waals surface area contributed by atoms with Crippen LogP contribution in [0.25, 0.3) is 11.0 Å². The van der Waals surface area contributed by atoms with Crippen molar-refractivity contribution in [2.24, 2.45) is 0 Å². The van der Waals surface area contributed by atoms with Crippen molar-refractivity contribution in [1.82, 2.24) is 19.4 Å². The first-order valence-corrected chi connectivity index (χ1v) is 12.2. The number of nitrogens with zero attached hydrogens (tertiary/aromatic N) is 6. The molecule has 3 fully saturated rings. The molecule has 2 aromatic rings. The van der Waals surface area contributed by atoms with E-state index in [0.29, 0.717) is 6.61 Å². The van der Waals surface area contributed by atoms with Gasteiger partial charge in [0.2, 0.25) is 5.95 Å². The summed E-state index contributed by atoms with van der Waals surface area (Å²) in [7, 11) is 0. The first kappa shape index (κ1) is 19.8. The molecule has 8 nitrogen and oxygen atoms in total. The molecule has 6 rings (SSSR count). The Morgan fingerprint density at radius 3 is 2.26 bits per heavy atom. The van der Waals surface area contributed by atoms with Crippen molar-refractivity contribution >= 4 is 22.8 Å². The van der Waals surface area contributed by atoms with Crippen molar-refractivity contribution in [3.63, 3.8) is 0 Å². The largest absolute Gasteiger partial charge is 0.379 e. The van der Waals surface area contributed by atoms with Crippen molar-refractivity contribution in [3.05, 3.63) is 11.3 Å². The molecule has 4 aliphatic heterocycles. The summed E-state index contributed by atoms with van der Waals surface area (Å²) < 4.78 is 14.0. The van der Waals surface area contributed by atoms with Crippen LogP contribution in [-0.2, 0) is 29.0 Å². The van der Waals surface area contributed by atoms with Gasteiger partial charge in [-0.15, -0.1) is 0 Å². The van der Waals surface area contributed by atoms with Crippen LogP contribution in [0.3, 0.4) is 0 Å². The molecule has 0 N–H and O–H groups in total. The number of anilines is 2. The van der Waals surface area contributed by atoms with Crippen molar-refractivity contribution in [3.8, 4) is 0 Å². The van der Waals surface area contributed by atoms with Gasteiger partial charge in [-0.05, 0) is 25.7 Å². The van der Waals surface area contributed by atoms with Gasteiger partial charge in [-0.25, -0.2) is 0 Å². The van der Waals surface area contributed by atoms with Gasteiger partial charge in [-0.3, -0.25) is 4.90 Å². The Kier molecular flexibility index (Phi) is 5.46. The number of hydrogen-bond acceptors (Lipinski definition) is 7. The molecule has 168 valence electrons. The summed E-state index contributed by atoms with van der Waals surface area (Å²) in [6, 6.07) is 0. The van der Waals surface area contributed by atoms with Crippen LogP contribution >= 0.6 is 0 Å². The molecule has 8 heteroatoms. The maximum Gasteiger partial charge on any atom is 0.229 e. The topological polar surface area (TPSA) is 58.9 Å². The second kappa shape index (κ2) is 8.56. The number of morpholine rings is 1. The smallest absolute Gasteiger partial charge is 0.229 e. The Hall–Kier alpha value is -1.90. The van der Waals surface area contributed by atoms with Gasteiger partial charge in [-0.1, -0.05) is 0 Å². The second-order valence-corrected chi connectivity index (χ2v) is 9.27. The molecule has 0 spiro atoms. The molecule has 0 amide bonds. The Balaban J connectivity index is 1.45. The molecule has 0 aromatic carbocycles. The van der Waals surface area contributed by atoms with Crippen molar-refractivity contribution in [2.75, 3.05) is 75.4 Å². The predicted molar refractivity (Wildman–Crippen MR) is 121 cm³/mol. The lowest BCUT2D eigenvalue weighted by Gasteiger charge is -2.27. The van der Waals surface area contributed by atoms with Gasteiger partial charge in [0.15, 0.2) is 0 Å². The standard InChI is InChI=1S/C23H34N6O2/c1-2-7-27(6-1)21-20-18-17-31-14-5-19(18)29(11-10-26-12-15-30-16-13-26)22(20)25-23(24-21)28-8-3-4-9-28/h1-17H2. The third kappa shape index (κ3) is 3.68. The molecule has 0 saturated carbocycles. The zero-order valence-corrected chi connectivity index (χ0v) is 18.5. The van der Waals surface area contributed by atoms with Gasteiger partial charge >= 0.3 is 0 Å². The van der Waals surface area contributed by atoms with Crippen LogP contribution in [0.15, 0.2) is 0 Å². The van der Waals surface area contributed by atoms with Crippen molar-refractivity contribution < 1.29 is 9.47 Å². The zero-order valence-electron chi connectivity index (χ0n) is 18.5. The highest BCUT2D eigenvalue weighted by molar-refractivity contribution is 5.94. The average molecular weight is 427 g/mol. The SMILES string of the molecule is C1CCN(c2nc(N3CCCC3)c3c4c(n(CCN5CCOCC5)c3n2)CCOC4)C1. The molecule has 2 aromatic heterocycles. The Morgan fingerprint density at radius 2 is 1.48 bits per heavy atom. The lowest BCUT2D eigenvalue weighted by Crippen LogP contribution is -2.38. The van der Waals surface area contributed by atoms with Gasteiger partial charge in [-0.2, -0.15) is 9.97 Å². The molecular formula is C23H34N6O2. The molecule has 6 heterocycles. The predicted octanol–water partition coefficient (Wildman–Crippen LogP) is 2.04. The first-order chi connectivity index (χ1) is 15.4. The number of aromatic nitrogens is 3. The number of fused-ring (bicyclic) bond motifs is 3. The monoisotopic (exact) mass is 426 g/mol. The van der Waals surface area contributed by atoms with E-state index in [1.54, 1.807) is 0 Å². The van der Waals surface area contributed by atoms with E-state index in [-0.39, 0.29) is 0 Å². The fourth-order valence-corrected chi connectivity index (χ4v) is 5.63. The summed E-state index contributed by atoms with van der Waals surface area (Å²) in [6.07, 6.45) is 5.95. The van der Waals surface area contributed by atoms with E-state index in [1.807, 2.05) is 0 Å². The zero-order chi connectivity index (χ0) is 20.6. The first-order valence-electron chi connectivity index (χ1n) is 12.2. The summed E-state index contributed by atoms with van der Waals surface area (Å²) in [5.41, 5.74) is 3.88. The summed E-state index contributed by atoms with van der Waals surface area (Å²) in [4.78, 5) is 17.8. The number of ether oxygens (including phenoxy) is 2. The molecule has 0 radical (unpaired) electrons. The highest BCUT2D eigenvalue weighted by Crippen LogP contribution is 2.37. The summed E-state index contributed by atoms with van der Waals surface area (Å²) in [5.74, 6) is 2.08. The second-order valence-electron chi connectivity index (χ2n) is 9.27. The van der Waals surface area contributed by atoms with Gasteiger partial charge in [0.25, 0.3) is 0 Å². The average Bonchev–Trinajstić information content (AvgIpc) is 3.59. The van der Waals surface area contributed by atoms with E-state index in [4.69, 9.17) is 19.4 Å². The maximum absolute atomic E-state index is 5.93. The number of rotatable bonds is 5. The third-order valence-corrected chi connectivity index (χ3v) is 7.36. The van der Waals surface area contributed by atoms with Gasteiger partial charge in [0.05, 0.1) is 31.8 Å². The van der Waals surface area contributed by atoms with Gasteiger partial charge < -0.3 is 23.8 Å². The maximum atomic E-state index is 5.93. The fourth-order valence-electron chi connectivity index (χ4n) is 5.63. The van der Waals surface area contributed by atoms with E-state index in [2.05, 4.69) is 19.3 Å². The quantitative estimate of drug-likeness (QED) is 0.725. The lowest BCUT2D eigenvalue weighted by atomic mass is 10.1. The Bertz CT molecular complexity index is 926. The molecule has 0 unspecified atom stereocenters. The molecule has 0 atom stereocenters. The molecule has 0 aliphatic carbocycles. The lowest BCUT2D eigenvalue weighted by molar-refractivity contribution is 0.0363. The minimum absolute atomic E-state index is 0.684. The van der Waals surface area contributed by atoms with E-state index >= 15 is 0 Å². The number of hydrogen-bond donors (Lipinski definition) is 0. The normalized spacial score (nSPS) is 22.6. The highest BCUT2D eigenvalue weighted by atomic mass is 16.5. The van der Waals surface area contributed by atoms with Gasteiger partial charge in [0.1, 0.15) is 11.5 Å². The van der Waals surface area contributed by atoms with Crippen LogP contribution in [0.2, 0.25) is 0 Å². The van der Waals surface area contributed by atoms with Crippen LogP contribution in [0.1, 0.15) is 36.9 Å². The molecular weight excluding hydrogens is 392 g/mol. The summed E-state index contributed by atoms with van der Waals surface area (Å²) in [6.45, 7) is 11.6. The Morgan fingerprint density at radius 1 is 0.742 bits per heavy atom. The summed E-state index contributed by atoms with van der Waals surface area (Å²) >= 11 is 0. The van der Waals surface area contributed by atoms with Crippen molar-refractivity contribution in [2.45, 2.75) is 45.3 Å². The minimum Gasteiger partial charge on any atom is -0.379 e. The van der Waals surface area contributed by atoms with Crippen LogP contribution in [0, 0.1) is 0 Å². The molecule has 0 bridgehead atoms. The fraction of sp³-hybridized carbons (Fsp3) is 0.739. The van der Waals surface area contributed by atoms with Crippen molar-refractivity contribution in [1.29, 1.82) is 0 Å². The van der Waals surface area contributed by atoms with E-state index in [9.17, 15) is 0 Å². The highest BCUT2D eigenvalue weighted by Gasteiger charge is 2.29. The minimum atomic E-state index is 0.684.